The van der Waals surface area contributed by atoms with E-state index in [1.807, 2.05) is 71.9 Å². The SMILES string of the molecule is Cc1ccc(S(=O)(=O)N(CC(=O)N(Cc2ccc(Br)cc2)C(C)C(=O)NC(C)(C)C)c2ccc(C)c(C)c2)cc1. The Bertz CT molecular complexity index is 1460. The molecule has 1 unspecified atom stereocenters. The average Bonchev–Trinajstić information content (AvgIpc) is 2.87. The van der Waals surface area contributed by atoms with Crippen molar-refractivity contribution in [3.63, 3.8) is 0 Å². The molecule has 3 aromatic rings. The first-order valence-corrected chi connectivity index (χ1v) is 15.3. The Morgan fingerprint density at radius 3 is 2.05 bits per heavy atom. The third kappa shape index (κ3) is 7.95. The van der Waals surface area contributed by atoms with Crippen LogP contribution in [0.5, 0.6) is 0 Å². The molecule has 0 aliphatic rings. The predicted octanol–water partition coefficient (Wildman–Crippen LogP) is 5.90. The number of aryl methyl sites for hydroxylation is 3. The predicted molar refractivity (Wildman–Crippen MR) is 164 cm³/mol. The highest BCUT2D eigenvalue weighted by molar-refractivity contribution is 9.10. The molecule has 0 aromatic heterocycles. The zero-order valence-corrected chi connectivity index (χ0v) is 26.6. The zero-order valence-electron chi connectivity index (χ0n) is 24.2. The van der Waals surface area contributed by atoms with Crippen LogP contribution in [-0.4, -0.2) is 43.3 Å². The van der Waals surface area contributed by atoms with Gasteiger partial charge in [-0.1, -0.05) is 51.8 Å². The third-order valence-electron chi connectivity index (χ3n) is 6.60. The van der Waals surface area contributed by atoms with Gasteiger partial charge in [0.25, 0.3) is 10.0 Å². The van der Waals surface area contributed by atoms with Crippen molar-refractivity contribution in [3.8, 4) is 0 Å². The summed E-state index contributed by atoms with van der Waals surface area (Å²) in [6.07, 6.45) is 0. The summed E-state index contributed by atoms with van der Waals surface area (Å²) >= 11 is 3.43. The molecule has 1 N–H and O–H groups in total. The second-order valence-corrected chi connectivity index (χ2v) is 13.9. The van der Waals surface area contributed by atoms with Gasteiger partial charge in [0.05, 0.1) is 10.6 Å². The van der Waals surface area contributed by atoms with Gasteiger partial charge in [0.1, 0.15) is 12.6 Å². The van der Waals surface area contributed by atoms with E-state index in [2.05, 4.69) is 21.2 Å². The van der Waals surface area contributed by atoms with Gasteiger partial charge in [-0.2, -0.15) is 0 Å². The van der Waals surface area contributed by atoms with Crippen LogP contribution in [0.25, 0.3) is 0 Å². The molecule has 214 valence electrons. The van der Waals surface area contributed by atoms with Crippen LogP contribution in [-0.2, 0) is 26.2 Å². The van der Waals surface area contributed by atoms with E-state index in [1.54, 1.807) is 43.3 Å². The Labute approximate surface area is 246 Å². The van der Waals surface area contributed by atoms with E-state index >= 15 is 0 Å². The minimum absolute atomic E-state index is 0.0853. The zero-order chi connectivity index (χ0) is 29.8. The topological polar surface area (TPSA) is 86.8 Å². The fourth-order valence-electron chi connectivity index (χ4n) is 4.09. The molecule has 0 aliphatic carbocycles. The Morgan fingerprint density at radius 1 is 0.900 bits per heavy atom. The number of amides is 2. The molecule has 9 heteroatoms. The smallest absolute Gasteiger partial charge is 0.264 e. The molecule has 0 aliphatic heterocycles. The minimum Gasteiger partial charge on any atom is -0.350 e. The molecule has 0 heterocycles. The second kappa shape index (κ2) is 12.6. The van der Waals surface area contributed by atoms with E-state index in [9.17, 15) is 18.0 Å². The highest BCUT2D eigenvalue weighted by Crippen LogP contribution is 2.27. The van der Waals surface area contributed by atoms with Crippen molar-refractivity contribution >= 4 is 43.5 Å². The number of carbonyl (C=O) groups is 2. The van der Waals surface area contributed by atoms with Crippen LogP contribution in [0.3, 0.4) is 0 Å². The number of nitrogens with one attached hydrogen (secondary N) is 1. The fourth-order valence-corrected chi connectivity index (χ4v) is 5.76. The van der Waals surface area contributed by atoms with E-state index < -0.39 is 34.1 Å². The molecule has 0 saturated carbocycles. The Hall–Kier alpha value is -3.17. The number of hydrogen-bond acceptors (Lipinski definition) is 4. The molecule has 7 nitrogen and oxygen atoms in total. The van der Waals surface area contributed by atoms with Crippen molar-refractivity contribution in [1.29, 1.82) is 0 Å². The summed E-state index contributed by atoms with van der Waals surface area (Å²) in [6.45, 7) is 12.7. The van der Waals surface area contributed by atoms with Crippen LogP contribution in [0, 0.1) is 20.8 Å². The number of rotatable bonds is 9. The first-order chi connectivity index (χ1) is 18.6. The van der Waals surface area contributed by atoms with Crippen LogP contribution in [0.15, 0.2) is 76.1 Å². The van der Waals surface area contributed by atoms with Gasteiger partial charge in [0.2, 0.25) is 11.8 Å². The van der Waals surface area contributed by atoms with Gasteiger partial charge in [-0.05, 0) is 102 Å². The molecule has 3 aromatic carbocycles. The summed E-state index contributed by atoms with van der Waals surface area (Å²) in [5.41, 5.74) is 3.52. The van der Waals surface area contributed by atoms with Crippen molar-refractivity contribution < 1.29 is 18.0 Å². The van der Waals surface area contributed by atoms with Gasteiger partial charge in [0, 0.05) is 16.6 Å². The lowest BCUT2D eigenvalue weighted by atomic mass is 10.1. The third-order valence-corrected chi connectivity index (χ3v) is 8.91. The minimum atomic E-state index is -4.10. The molecule has 0 saturated heterocycles. The van der Waals surface area contributed by atoms with Crippen molar-refractivity contribution in [2.75, 3.05) is 10.8 Å². The van der Waals surface area contributed by atoms with E-state index in [0.29, 0.717) is 5.69 Å². The van der Waals surface area contributed by atoms with E-state index in [0.717, 1.165) is 31.0 Å². The molecule has 2 amide bonds. The summed E-state index contributed by atoms with van der Waals surface area (Å²) < 4.78 is 29.9. The summed E-state index contributed by atoms with van der Waals surface area (Å²) in [7, 11) is -4.10. The highest BCUT2D eigenvalue weighted by Gasteiger charge is 2.33. The van der Waals surface area contributed by atoms with Gasteiger partial charge >= 0.3 is 0 Å². The molecule has 1 atom stereocenters. The van der Waals surface area contributed by atoms with Crippen molar-refractivity contribution in [1.82, 2.24) is 10.2 Å². The Balaban J connectivity index is 2.06. The van der Waals surface area contributed by atoms with Crippen LogP contribution in [0.2, 0.25) is 0 Å². The largest absolute Gasteiger partial charge is 0.350 e. The van der Waals surface area contributed by atoms with E-state index in [1.165, 1.54) is 4.90 Å². The quantitative estimate of drug-likeness (QED) is 0.320. The summed E-state index contributed by atoms with van der Waals surface area (Å²) in [6, 6.07) is 18.5. The number of benzene rings is 3. The monoisotopic (exact) mass is 627 g/mol. The van der Waals surface area contributed by atoms with Crippen molar-refractivity contribution in [3.05, 3.63) is 93.5 Å². The summed E-state index contributed by atoms with van der Waals surface area (Å²) in [4.78, 5) is 28.7. The summed E-state index contributed by atoms with van der Waals surface area (Å²) in [5, 5.41) is 2.94. The molecular weight excluding hydrogens is 590 g/mol. The number of anilines is 1. The van der Waals surface area contributed by atoms with Gasteiger partial charge < -0.3 is 10.2 Å². The van der Waals surface area contributed by atoms with Crippen LogP contribution < -0.4 is 9.62 Å². The molecule has 3 rings (SSSR count). The molecule has 0 radical (unpaired) electrons. The lowest BCUT2D eigenvalue weighted by molar-refractivity contribution is -0.140. The fraction of sp³-hybridized carbons (Fsp3) is 0.355. The van der Waals surface area contributed by atoms with Gasteiger partial charge in [-0.3, -0.25) is 13.9 Å². The molecule has 0 bridgehead atoms. The van der Waals surface area contributed by atoms with Crippen LogP contribution >= 0.6 is 15.9 Å². The number of sulfonamides is 1. The first kappa shape index (κ1) is 31.4. The van der Waals surface area contributed by atoms with E-state index in [-0.39, 0.29) is 17.3 Å². The molecular formula is C31H38BrN3O4S. The maximum Gasteiger partial charge on any atom is 0.264 e. The number of nitrogens with zero attached hydrogens (tertiary/aromatic N) is 2. The number of hydrogen-bond donors (Lipinski definition) is 1. The van der Waals surface area contributed by atoms with Gasteiger partial charge in [-0.15, -0.1) is 0 Å². The first-order valence-electron chi connectivity index (χ1n) is 13.1. The normalized spacial score (nSPS) is 12.5. The van der Waals surface area contributed by atoms with Crippen molar-refractivity contribution in [2.24, 2.45) is 0 Å². The lowest BCUT2D eigenvalue weighted by Crippen LogP contribution is -2.54. The van der Waals surface area contributed by atoms with Gasteiger partial charge in [-0.25, -0.2) is 8.42 Å². The van der Waals surface area contributed by atoms with Crippen molar-refractivity contribution in [2.45, 2.75) is 71.5 Å². The second-order valence-electron chi connectivity index (χ2n) is 11.2. The molecule has 40 heavy (non-hydrogen) atoms. The van der Waals surface area contributed by atoms with Gasteiger partial charge in [0.15, 0.2) is 0 Å². The van der Waals surface area contributed by atoms with E-state index in [4.69, 9.17) is 0 Å². The Kier molecular flexibility index (Phi) is 9.85. The maximum absolute atomic E-state index is 14.0. The average molecular weight is 629 g/mol. The molecule has 0 fully saturated rings. The number of carbonyl (C=O) groups excluding carboxylic acids is 2. The Morgan fingerprint density at radius 2 is 1.50 bits per heavy atom. The number of halogens is 1. The maximum atomic E-state index is 14.0. The van der Waals surface area contributed by atoms with Crippen LogP contribution in [0.1, 0.15) is 49.9 Å². The summed E-state index contributed by atoms with van der Waals surface area (Å²) in [5.74, 6) is -0.814. The molecule has 0 spiro atoms. The lowest BCUT2D eigenvalue weighted by Gasteiger charge is -2.33. The highest BCUT2D eigenvalue weighted by atomic mass is 79.9. The van der Waals surface area contributed by atoms with Crippen LogP contribution in [0.4, 0.5) is 5.69 Å². The standard InChI is InChI=1S/C31H38BrN3O4S/c1-21-8-16-28(17-9-21)40(38,39)35(27-15-10-22(2)23(3)18-27)20-29(36)34(19-25-11-13-26(32)14-12-25)24(4)30(37)33-31(5,6)7/h8-18,24H,19-20H2,1-7H3,(H,33,37).